The van der Waals surface area contributed by atoms with Crippen LogP contribution in [0.5, 0.6) is 11.5 Å². The third-order valence-corrected chi connectivity index (χ3v) is 3.48. The summed E-state index contributed by atoms with van der Waals surface area (Å²) in [6.45, 7) is 3.50. The first-order chi connectivity index (χ1) is 10.1. The molecular weight excluding hydrogens is 279 g/mol. The second-order valence-electron chi connectivity index (χ2n) is 4.97. The zero-order valence-electron chi connectivity index (χ0n) is 12.0. The number of ether oxygens (including phenoxy) is 2. The van der Waals surface area contributed by atoms with E-state index in [0.717, 1.165) is 32.1 Å². The minimum absolute atomic E-state index is 0.0746. The van der Waals surface area contributed by atoms with Crippen LogP contribution in [0, 0.1) is 15.9 Å². The molecule has 0 saturated carbocycles. The van der Waals surface area contributed by atoms with E-state index in [-0.39, 0.29) is 17.2 Å². The third kappa shape index (κ3) is 4.04. The van der Waals surface area contributed by atoms with Gasteiger partial charge in [0.15, 0.2) is 17.3 Å². The van der Waals surface area contributed by atoms with Crippen molar-refractivity contribution in [1.82, 2.24) is 4.90 Å². The van der Waals surface area contributed by atoms with E-state index in [0.29, 0.717) is 6.61 Å². The van der Waals surface area contributed by atoms with E-state index in [1.807, 2.05) is 0 Å². The van der Waals surface area contributed by atoms with Gasteiger partial charge in [-0.15, -0.1) is 0 Å². The summed E-state index contributed by atoms with van der Waals surface area (Å²) in [6, 6.07) is 2.02. The Labute approximate surface area is 122 Å². The van der Waals surface area contributed by atoms with Crippen molar-refractivity contribution in [2.45, 2.75) is 19.3 Å². The summed E-state index contributed by atoms with van der Waals surface area (Å²) in [5.41, 5.74) is -0.345. The number of hydrogen-bond acceptors (Lipinski definition) is 5. The fourth-order valence-electron chi connectivity index (χ4n) is 2.44. The lowest BCUT2D eigenvalue weighted by Crippen LogP contribution is -2.22. The van der Waals surface area contributed by atoms with Crippen LogP contribution < -0.4 is 9.47 Å². The van der Waals surface area contributed by atoms with Gasteiger partial charge in [0.2, 0.25) is 0 Å². The van der Waals surface area contributed by atoms with Crippen LogP contribution in [0.3, 0.4) is 0 Å². The Hall–Kier alpha value is -1.89. The highest BCUT2D eigenvalue weighted by Crippen LogP contribution is 2.34. The summed E-state index contributed by atoms with van der Waals surface area (Å²) in [5, 5.41) is 10.7. The summed E-state index contributed by atoms with van der Waals surface area (Å²) < 4.78 is 24.1. The van der Waals surface area contributed by atoms with Gasteiger partial charge in [-0.3, -0.25) is 10.1 Å². The lowest BCUT2D eigenvalue weighted by Gasteiger charge is -2.15. The number of likely N-dealkylation sites (tertiary alicyclic amines) is 1. The molecule has 1 aliphatic heterocycles. The molecule has 6 nitrogen and oxygen atoms in total. The average Bonchev–Trinajstić information content (AvgIpc) is 2.96. The molecule has 1 aliphatic rings. The topological polar surface area (TPSA) is 64.8 Å². The highest BCUT2D eigenvalue weighted by molar-refractivity contribution is 5.49. The van der Waals surface area contributed by atoms with Crippen LogP contribution in [-0.2, 0) is 0 Å². The zero-order valence-corrected chi connectivity index (χ0v) is 12.0. The first kappa shape index (κ1) is 15.5. The van der Waals surface area contributed by atoms with Crippen molar-refractivity contribution in [3.05, 3.63) is 28.1 Å². The molecule has 0 N–H and O–H groups in total. The van der Waals surface area contributed by atoms with Crippen molar-refractivity contribution >= 4 is 5.69 Å². The monoisotopic (exact) mass is 298 g/mol. The van der Waals surface area contributed by atoms with Crippen LogP contribution in [0.15, 0.2) is 12.1 Å². The van der Waals surface area contributed by atoms with Crippen LogP contribution in [-0.4, -0.2) is 43.2 Å². The van der Waals surface area contributed by atoms with E-state index in [4.69, 9.17) is 9.47 Å². The van der Waals surface area contributed by atoms with Gasteiger partial charge in [0.1, 0.15) is 0 Å². The molecule has 21 heavy (non-hydrogen) atoms. The summed E-state index contributed by atoms with van der Waals surface area (Å²) in [4.78, 5) is 12.4. The van der Waals surface area contributed by atoms with E-state index < -0.39 is 10.7 Å². The van der Waals surface area contributed by atoms with Gasteiger partial charge in [-0.05, 0) is 32.4 Å². The molecule has 0 aromatic heterocycles. The van der Waals surface area contributed by atoms with Gasteiger partial charge >= 0.3 is 0 Å². The molecule has 1 aromatic carbocycles. The van der Waals surface area contributed by atoms with E-state index in [1.165, 1.54) is 26.0 Å². The molecule has 1 fully saturated rings. The molecule has 0 bridgehead atoms. The average molecular weight is 298 g/mol. The number of rotatable bonds is 7. The first-order valence-corrected chi connectivity index (χ1v) is 6.99. The maximum absolute atomic E-state index is 13.7. The van der Waals surface area contributed by atoms with Crippen LogP contribution >= 0.6 is 0 Å². The molecule has 1 aromatic rings. The van der Waals surface area contributed by atoms with Crippen LogP contribution in [0.1, 0.15) is 19.3 Å². The largest absolute Gasteiger partial charge is 0.490 e. The van der Waals surface area contributed by atoms with Crippen molar-refractivity contribution < 1.29 is 18.8 Å². The van der Waals surface area contributed by atoms with Crippen LogP contribution in [0.2, 0.25) is 0 Å². The number of nitrogens with zero attached hydrogens (tertiary/aromatic N) is 2. The summed E-state index contributed by atoms with van der Waals surface area (Å²) in [7, 11) is 1.31. The lowest BCUT2D eigenvalue weighted by molar-refractivity contribution is -0.385. The van der Waals surface area contributed by atoms with Gasteiger partial charge in [-0.1, -0.05) is 0 Å². The number of non-ortho nitro benzene ring substituents is 1. The van der Waals surface area contributed by atoms with Crippen molar-refractivity contribution in [2.75, 3.05) is 33.4 Å². The number of benzene rings is 1. The van der Waals surface area contributed by atoms with E-state index in [2.05, 4.69) is 4.90 Å². The van der Waals surface area contributed by atoms with Gasteiger partial charge in [0, 0.05) is 6.54 Å². The number of nitro benzene ring substituents is 1. The minimum Gasteiger partial charge on any atom is -0.490 e. The van der Waals surface area contributed by atoms with E-state index in [9.17, 15) is 14.5 Å². The lowest BCUT2D eigenvalue weighted by atomic mass is 10.2. The Bertz CT molecular complexity index is 504. The van der Waals surface area contributed by atoms with Gasteiger partial charge in [-0.2, -0.15) is 0 Å². The van der Waals surface area contributed by atoms with Gasteiger partial charge in [0.25, 0.3) is 5.69 Å². The third-order valence-electron chi connectivity index (χ3n) is 3.48. The van der Waals surface area contributed by atoms with Gasteiger partial charge < -0.3 is 14.4 Å². The molecule has 116 valence electrons. The molecule has 1 saturated heterocycles. The van der Waals surface area contributed by atoms with Crippen LogP contribution in [0.4, 0.5) is 10.1 Å². The van der Waals surface area contributed by atoms with Crippen molar-refractivity contribution in [3.63, 3.8) is 0 Å². The standard InChI is InChI=1S/C14H19FN2O4/c1-20-14-12(15)9-11(17(18)19)10-13(14)21-8-4-7-16-5-2-3-6-16/h9-10H,2-8H2,1H3. The molecular formula is C14H19FN2O4. The maximum Gasteiger partial charge on any atom is 0.276 e. The first-order valence-electron chi connectivity index (χ1n) is 6.99. The van der Waals surface area contributed by atoms with Gasteiger partial charge in [-0.25, -0.2) is 4.39 Å². The van der Waals surface area contributed by atoms with Gasteiger partial charge in [0.05, 0.1) is 30.8 Å². The summed E-state index contributed by atoms with van der Waals surface area (Å²) >= 11 is 0. The highest BCUT2D eigenvalue weighted by Gasteiger charge is 2.19. The van der Waals surface area contributed by atoms with Crippen molar-refractivity contribution in [2.24, 2.45) is 0 Å². The summed E-state index contributed by atoms with van der Waals surface area (Å²) in [5.74, 6) is -0.811. The Balaban J connectivity index is 1.95. The SMILES string of the molecule is COc1c(F)cc([N+](=O)[O-])cc1OCCCN1CCCC1. The Morgan fingerprint density at radius 2 is 2.10 bits per heavy atom. The molecule has 0 spiro atoms. The Kier molecular flexibility index (Phi) is 5.32. The summed E-state index contributed by atoms with van der Waals surface area (Å²) in [6.07, 6.45) is 3.24. The number of halogens is 1. The molecule has 0 amide bonds. The Morgan fingerprint density at radius 1 is 1.38 bits per heavy atom. The molecule has 0 radical (unpaired) electrons. The number of methoxy groups -OCH3 is 1. The predicted octanol–water partition coefficient (Wildman–Crippen LogP) is 2.61. The fourth-order valence-corrected chi connectivity index (χ4v) is 2.44. The van der Waals surface area contributed by atoms with E-state index in [1.54, 1.807) is 0 Å². The smallest absolute Gasteiger partial charge is 0.276 e. The number of hydrogen-bond donors (Lipinski definition) is 0. The molecule has 0 aliphatic carbocycles. The highest BCUT2D eigenvalue weighted by atomic mass is 19.1. The second kappa shape index (κ2) is 7.21. The molecule has 2 rings (SSSR count). The normalized spacial score (nSPS) is 15.1. The molecule has 0 unspecified atom stereocenters. The quantitative estimate of drug-likeness (QED) is 0.440. The van der Waals surface area contributed by atoms with Crippen molar-refractivity contribution in [1.29, 1.82) is 0 Å². The minimum atomic E-state index is -0.791. The molecule has 1 heterocycles. The molecule has 0 atom stereocenters. The number of nitro groups is 1. The zero-order chi connectivity index (χ0) is 15.2. The van der Waals surface area contributed by atoms with E-state index >= 15 is 0 Å². The van der Waals surface area contributed by atoms with Crippen molar-refractivity contribution in [3.8, 4) is 11.5 Å². The Morgan fingerprint density at radius 3 is 2.71 bits per heavy atom. The predicted molar refractivity (Wildman–Crippen MR) is 75.4 cm³/mol. The van der Waals surface area contributed by atoms with Crippen LogP contribution in [0.25, 0.3) is 0 Å². The molecule has 7 heteroatoms. The maximum atomic E-state index is 13.7. The second-order valence-corrected chi connectivity index (χ2v) is 4.97. The fraction of sp³-hybridized carbons (Fsp3) is 0.571.